The first kappa shape index (κ1) is 12.8. The van der Waals surface area contributed by atoms with Crippen LogP contribution in [0.1, 0.15) is 18.9 Å². The van der Waals surface area contributed by atoms with E-state index >= 15 is 0 Å². The molecule has 16 heavy (non-hydrogen) atoms. The number of rotatable bonds is 5. The van der Waals surface area contributed by atoms with Gasteiger partial charge < -0.3 is 4.74 Å². The Labute approximate surface area is 91.0 Å². The molecule has 5 heteroatoms. The summed E-state index contributed by atoms with van der Waals surface area (Å²) in [4.78, 5) is 0. The molecule has 0 atom stereocenters. The minimum Gasteiger partial charge on any atom is -0.428 e. The highest BCUT2D eigenvalue weighted by molar-refractivity contribution is 5.28. The highest BCUT2D eigenvalue weighted by Gasteiger charge is 2.43. The van der Waals surface area contributed by atoms with Crippen LogP contribution in [0.15, 0.2) is 24.3 Å². The van der Waals surface area contributed by atoms with Crippen LogP contribution in [0.25, 0.3) is 0 Å². The first-order valence-corrected chi connectivity index (χ1v) is 4.89. The third kappa shape index (κ3) is 3.40. The van der Waals surface area contributed by atoms with Gasteiger partial charge in [0.05, 0.1) is 0 Å². The molecular weight excluding hydrogens is 224 g/mol. The van der Waals surface area contributed by atoms with E-state index in [1.54, 1.807) is 6.07 Å². The number of hydrogen-bond donors (Lipinski definition) is 0. The number of halogens is 4. The van der Waals surface area contributed by atoms with E-state index in [1.807, 2.05) is 6.92 Å². The average Bonchev–Trinajstić information content (AvgIpc) is 2.17. The van der Waals surface area contributed by atoms with Gasteiger partial charge in [0.25, 0.3) is 0 Å². The maximum atomic E-state index is 12.6. The number of ether oxygens (including phenoxy) is 1. The van der Waals surface area contributed by atoms with Crippen molar-refractivity contribution in [2.24, 2.45) is 0 Å². The van der Waals surface area contributed by atoms with Crippen molar-refractivity contribution < 1.29 is 22.3 Å². The molecule has 0 saturated heterocycles. The summed E-state index contributed by atoms with van der Waals surface area (Å²) >= 11 is 0. The smallest absolute Gasteiger partial charge is 0.428 e. The van der Waals surface area contributed by atoms with E-state index in [-0.39, 0.29) is 5.75 Å². The largest absolute Gasteiger partial charge is 0.461 e. The average molecular weight is 236 g/mol. The van der Waals surface area contributed by atoms with Crippen LogP contribution in [-0.2, 0) is 6.42 Å². The summed E-state index contributed by atoms with van der Waals surface area (Å²) in [5.74, 6) is -0.240. The molecule has 0 heterocycles. The van der Waals surface area contributed by atoms with Crippen molar-refractivity contribution in [1.82, 2.24) is 0 Å². The Morgan fingerprint density at radius 2 is 2.00 bits per heavy atom. The summed E-state index contributed by atoms with van der Waals surface area (Å²) in [5, 5.41) is 0. The lowest BCUT2D eigenvalue weighted by Gasteiger charge is -2.17. The van der Waals surface area contributed by atoms with Crippen molar-refractivity contribution in [2.75, 3.05) is 0 Å². The monoisotopic (exact) mass is 236 g/mol. The molecule has 0 bridgehead atoms. The number of aryl methyl sites for hydroxylation is 1. The van der Waals surface area contributed by atoms with Gasteiger partial charge in [-0.15, -0.1) is 0 Å². The van der Waals surface area contributed by atoms with E-state index in [1.165, 1.54) is 18.2 Å². The Bertz CT molecular complexity index is 339. The fourth-order valence-corrected chi connectivity index (χ4v) is 1.25. The Morgan fingerprint density at radius 1 is 1.31 bits per heavy atom. The van der Waals surface area contributed by atoms with Crippen molar-refractivity contribution in [1.29, 1.82) is 0 Å². The van der Waals surface area contributed by atoms with Gasteiger partial charge in [0.2, 0.25) is 0 Å². The van der Waals surface area contributed by atoms with Crippen LogP contribution >= 0.6 is 0 Å². The van der Waals surface area contributed by atoms with Gasteiger partial charge in [0, 0.05) is 0 Å². The Hall–Kier alpha value is -1.26. The van der Waals surface area contributed by atoms with Gasteiger partial charge >= 0.3 is 12.5 Å². The predicted octanol–water partition coefficient (Wildman–Crippen LogP) is 3.88. The van der Waals surface area contributed by atoms with Crippen molar-refractivity contribution in [3.63, 3.8) is 0 Å². The fourth-order valence-electron chi connectivity index (χ4n) is 1.25. The lowest BCUT2D eigenvalue weighted by Crippen LogP contribution is -2.33. The summed E-state index contributed by atoms with van der Waals surface area (Å²) in [6.07, 6.45) is -6.74. The molecule has 1 aromatic rings. The SMILES string of the molecule is CCCc1cccc(OC(F)(F)C(F)F)c1. The molecule has 0 amide bonds. The minimum atomic E-state index is -4.44. The van der Waals surface area contributed by atoms with Crippen molar-refractivity contribution in [3.05, 3.63) is 29.8 Å². The third-order valence-electron chi connectivity index (χ3n) is 1.95. The molecule has 0 aliphatic heterocycles. The van der Waals surface area contributed by atoms with Gasteiger partial charge in [0.15, 0.2) is 0 Å². The van der Waals surface area contributed by atoms with Gasteiger partial charge in [0.1, 0.15) is 5.75 Å². The second kappa shape index (κ2) is 5.18. The molecule has 0 radical (unpaired) electrons. The zero-order valence-corrected chi connectivity index (χ0v) is 8.72. The molecule has 0 spiro atoms. The van der Waals surface area contributed by atoms with E-state index < -0.39 is 12.5 Å². The van der Waals surface area contributed by atoms with E-state index in [0.29, 0.717) is 6.42 Å². The van der Waals surface area contributed by atoms with Crippen LogP contribution in [0.5, 0.6) is 5.75 Å². The van der Waals surface area contributed by atoms with Crippen LogP contribution in [0, 0.1) is 0 Å². The quantitative estimate of drug-likeness (QED) is 0.705. The van der Waals surface area contributed by atoms with Gasteiger partial charge in [-0.1, -0.05) is 25.5 Å². The Kier molecular flexibility index (Phi) is 4.15. The lowest BCUT2D eigenvalue weighted by atomic mass is 10.1. The summed E-state index contributed by atoms with van der Waals surface area (Å²) in [7, 11) is 0. The van der Waals surface area contributed by atoms with Gasteiger partial charge in [-0.3, -0.25) is 0 Å². The number of benzene rings is 1. The molecule has 0 saturated carbocycles. The Balaban J connectivity index is 2.77. The predicted molar refractivity (Wildman–Crippen MR) is 52.0 cm³/mol. The molecule has 0 aromatic heterocycles. The topological polar surface area (TPSA) is 9.23 Å². The molecular formula is C11H12F4O. The van der Waals surface area contributed by atoms with Crippen molar-refractivity contribution >= 4 is 0 Å². The second-order valence-corrected chi connectivity index (χ2v) is 3.36. The fraction of sp³-hybridized carbons (Fsp3) is 0.455. The van der Waals surface area contributed by atoms with Gasteiger partial charge in [-0.05, 0) is 24.1 Å². The zero-order valence-electron chi connectivity index (χ0n) is 8.72. The molecule has 0 aliphatic rings. The van der Waals surface area contributed by atoms with E-state index in [0.717, 1.165) is 12.0 Å². The molecule has 90 valence electrons. The van der Waals surface area contributed by atoms with Crippen LogP contribution in [0.4, 0.5) is 17.6 Å². The molecule has 1 rings (SSSR count). The van der Waals surface area contributed by atoms with E-state index in [4.69, 9.17) is 0 Å². The molecule has 1 aromatic carbocycles. The van der Waals surface area contributed by atoms with Crippen LogP contribution in [0.2, 0.25) is 0 Å². The Morgan fingerprint density at radius 3 is 2.56 bits per heavy atom. The van der Waals surface area contributed by atoms with Gasteiger partial charge in [-0.2, -0.15) is 17.6 Å². The van der Waals surface area contributed by atoms with E-state index in [2.05, 4.69) is 4.74 Å². The molecule has 0 aliphatic carbocycles. The van der Waals surface area contributed by atoms with Crippen molar-refractivity contribution in [3.8, 4) is 5.75 Å². The standard InChI is InChI=1S/C11H12F4O/c1-2-4-8-5-3-6-9(7-8)16-11(14,15)10(12)13/h3,5-7,10H,2,4H2,1H3. The molecule has 1 nitrogen and oxygen atoms in total. The van der Waals surface area contributed by atoms with Gasteiger partial charge in [-0.25, -0.2) is 0 Å². The summed E-state index contributed by atoms with van der Waals surface area (Å²) in [5.41, 5.74) is 0.782. The highest BCUT2D eigenvalue weighted by atomic mass is 19.3. The normalized spacial score (nSPS) is 11.9. The maximum Gasteiger partial charge on any atom is 0.461 e. The van der Waals surface area contributed by atoms with E-state index in [9.17, 15) is 17.6 Å². The zero-order chi connectivity index (χ0) is 12.2. The second-order valence-electron chi connectivity index (χ2n) is 3.36. The summed E-state index contributed by atoms with van der Waals surface area (Å²) in [6, 6.07) is 5.81. The third-order valence-corrected chi connectivity index (χ3v) is 1.95. The van der Waals surface area contributed by atoms with Crippen LogP contribution in [-0.4, -0.2) is 12.5 Å². The molecule has 0 unspecified atom stereocenters. The van der Waals surface area contributed by atoms with Crippen LogP contribution in [0.3, 0.4) is 0 Å². The van der Waals surface area contributed by atoms with Crippen LogP contribution < -0.4 is 4.74 Å². The summed E-state index contributed by atoms with van der Waals surface area (Å²) < 4.78 is 52.9. The molecule has 0 N–H and O–H groups in total. The highest BCUT2D eigenvalue weighted by Crippen LogP contribution is 2.27. The lowest BCUT2D eigenvalue weighted by molar-refractivity contribution is -0.253. The van der Waals surface area contributed by atoms with Crippen molar-refractivity contribution in [2.45, 2.75) is 32.3 Å². The summed E-state index contributed by atoms with van der Waals surface area (Å²) in [6.45, 7) is 1.93. The first-order chi connectivity index (χ1) is 7.45. The maximum absolute atomic E-state index is 12.6. The number of alkyl halides is 4. The molecule has 0 fully saturated rings. The minimum absolute atomic E-state index is 0.240. The number of hydrogen-bond acceptors (Lipinski definition) is 1. The first-order valence-electron chi connectivity index (χ1n) is 4.89.